The number of nitrogens with one attached hydrogen (secondary N) is 1. The second-order valence-electron chi connectivity index (χ2n) is 5.94. The zero-order chi connectivity index (χ0) is 14.6. The molecule has 0 bridgehead atoms. The topological polar surface area (TPSA) is 37.5 Å². The van der Waals surface area contributed by atoms with Gasteiger partial charge in [0.2, 0.25) is 0 Å². The largest absolute Gasteiger partial charge is 0.308 e. The van der Waals surface area contributed by atoms with Crippen LogP contribution < -0.4 is 10.2 Å². The van der Waals surface area contributed by atoms with Crippen LogP contribution in [0.1, 0.15) is 26.3 Å². The minimum atomic E-state index is 0.162. The summed E-state index contributed by atoms with van der Waals surface area (Å²) in [5, 5.41) is 3.84. The van der Waals surface area contributed by atoms with E-state index in [4.69, 9.17) is 4.40 Å². The summed E-state index contributed by atoms with van der Waals surface area (Å²) in [6.07, 6.45) is 4.38. The van der Waals surface area contributed by atoms with Crippen LogP contribution in [0.5, 0.6) is 0 Å². The molecule has 4 heteroatoms. The fourth-order valence-electron chi connectivity index (χ4n) is 3.21. The maximum Gasteiger partial charge on any atom is 0.149 e. The Kier molecular flexibility index (Phi) is 2.81. The number of nitrogens with zero attached hydrogens (tertiary/aromatic N) is 2. The molecule has 108 valence electrons. The normalized spacial score (nSPS) is 34.0. The van der Waals surface area contributed by atoms with Crippen LogP contribution in [0.4, 0.5) is 5.69 Å². The molecule has 1 saturated heterocycles. The van der Waals surface area contributed by atoms with Crippen LogP contribution in [-0.4, -0.2) is 23.3 Å². The summed E-state index contributed by atoms with van der Waals surface area (Å²) in [5.74, 6) is 1.11. The molecule has 3 heterocycles. The van der Waals surface area contributed by atoms with Gasteiger partial charge < -0.3 is 10.2 Å². The van der Waals surface area contributed by atoms with Crippen molar-refractivity contribution in [2.45, 2.75) is 31.7 Å². The zero-order valence-electron chi connectivity index (χ0n) is 12.6. The third kappa shape index (κ3) is 1.75. The van der Waals surface area contributed by atoms with Crippen molar-refractivity contribution in [1.82, 2.24) is 5.32 Å². The Hall–Kier alpha value is -1.52. The Morgan fingerprint density at radius 3 is 2.67 bits per heavy atom. The third-order valence-corrected chi connectivity index (χ3v) is 5.75. The van der Waals surface area contributed by atoms with Gasteiger partial charge in [0, 0.05) is 29.6 Å². The Morgan fingerprint density at radius 1 is 1.29 bits per heavy atom. The van der Waals surface area contributed by atoms with Crippen molar-refractivity contribution in [2.24, 2.45) is 4.40 Å². The van der Waals surface area contributed by atoms with E-state index in [-0.39, 0.29) is 5.54 Å². The van der Waals surface area contributed by atoms with Gasteiger partial charge in [0.15, 0.2) is 0 Å². The summed E-state index contributed by atoms with van der Waals surface area (Å²) in [6, 6.07) is 8.67. The first-order chi connectivity index (χ1) is 10.2. The fourth-order valence-corrected chi connectivity index (χ4v) is 4.30. The van der Waals surface area contributed by atoms with Crippen molar-refractivity contribution in [1.29, 1.82) is 0 Å². The number of allylic oxidation sites excluding steroid dienone is 2. The zero-order valence-corrected chi connectivity index (χ0v) is 13.4. The molecule has 0 aromatic heterocycles. The molecule has 0 saturated carbocycles. The van der Waals surface area contributed by atoms with E-state index in [1.165, 1.54) is 22.4 Å². The van der Waals surface area contributed by atoms with Crippen molar-refractivity contribution in [3.8, 4) is 0 Å². The van der Waals surface area contributed by atoms with E-state index in [0.717, 1.165) is 12.4 Å². The molecule has 0 radical (unpaired) electrons. The Labute approximate surface area is 130 Å². The lowest BCUT2D eigenvalue weighted by molar-refractivity contribution is 0.663. The summed E-state index contributed by atoms with van der Waals surface area (Å²) >= 11 is 1.70. The molecule has 2 atom stereocenters. The summed E-state index contributed by atoms with van der Waals surface area (Å²) in [6.45, 7) is 7.55. The van der Waals surface area contributed by atoms with Crippen molar-refractivity contribution in [3.63, 3.8) is 0 Å². The van der Waals surface area contributed by atoms with Crippen molar-refractivity contribution in [3.05, 3.63) is 47.6 Å². The van der Waals surface area contributed by atoms with Gasteiger partial charge in [-0.15, -0.1) is 0 Å². The van der Waals surface area contributed by atoms with Crippen LogP contribution in [0, 0.1) is 0 Å². The molecule has 0 amide bonds. The third-order valence-electron chi connectivity index (χ3n) is 4.54. The summed E-state index contributed by atoms with van der Waals surface area (Å²) in [5.41, 5.74) is 5.28. The number of hydrogen-bond donors (Lipinski definition) is 1. The highest BCUT2D eigenvalue weighted by atomic mass is 32.2. The van der Waals surface area contributed by atoms with E-state index in [0.29, 0.717) is 5.37 Å². The van der Waals surface area contributed by atoms with Crippen LogP contribution in [0.25, 0.3) is 5.57 Å². The highest BCUT2D eigenvalue weighted by Gasteiger charge is 2.53. The van der Waals surface area contributed by atoms with E-state index < -0.39 is 0 Å². The Balaban J connectivity index is 1.93. The van der Waals surface area contributed by atoms with E-state index in [9.17, 15) is 0 Å². The summed E-state index contributed by atoms with van der Waals surface area (Å²) in [7, 11) is 0. The predicted molar refractivity (Wildman–Crippen MR) is 91.6 cm³/mol. The lowest BCUT2D eigenvalue weighted by Crippen LogP contribution is -2.46. The molecule has 3 aliphatic rings. The van der Waals surface area contributed by atoms with Crippen LogP contribution in [0.2, 0.25) is 0 Å². The molecular weight excluding hydrogens is 278 g/mol. The minimum Gasteiger partial charge on any atom is -0.308 e. The van der Waals surface area contributed by atoms with Crippen molar-refractivity contribution in [2.75, 3.05) is 11.4 Å². The Bertz CT molecular complexity index is 698. The van der Waals surface area contributed by atoms with Gasteiger partial charge >= 0.3 is 0 Å². The van der Waals surface area contributed by atoms with E-state index in [2.05, 4.69) is 67.4 Å². The molecule has 0 aliphatic carbocycles. The SMILES string of the molecule is C/C=C1\C(=C/C)C2=NSC(C3(C)CN3)N2c2ccccc21. The van der Waals surface area contributed by atoms with Gasteiger partial charge in [0.05, 0.1) is 11.2 Å². The van der Waals surface area contributed by atoms with Crippen LogP contribution >= 0.6 is 11.9 Å². The van der Waals surface area contributed by atoms with E-state index in [1.807, 2.05) is 0 Å². The number of anilines is 1. The number of amidine groups is 1. The number of para-hydroxylation sites is 1. The first-order valence-corrected chi connectivity index (χ1v) is 8.24. The number of benzene rings is 1. The number of rotatable bonds is 1. The quantitative estimate of drug-likeness (QED) is 0.635. The highest BCUT2D eigenvalue weighted by molar-refractivity contribution is 7.99. The number of fused-ring (bicyclic) bond motifs is 3. The molecule has 0 spiro atoms. The average molecular weight is 297 g/mol. The first kappa shape index (κ1) is 13.2. The smallest absolute Gasteiger partial charge is 0.149 e. The molecule has 1 N–H and O–H groups in total. The lowest BCUT2D eigenvalue weighted by atomic mass is 9.89. The summed E-state index contributed by atoms with van der Waals surface area (Å²) in [4.78, 5) is 2.42. The lowest BCUT2D eigenvalue weighted by Gasteiger charge is -2.37. The van der Waals surface area contributed by atoms with Gasteiger partial charge in [-0.1, -0.05) is 30.4 Å². The van der Waals surface area contributed by atoms with Crippen molar-refractivity contribution >= 4 is 29.0 Å². The van der Waals surface area contributed by atoms with Gasteiger partial charge in [-0.3, -0.25) is 0 Å². The van der Waals surface area contributed by atoms with Crippen LogP contribution in [0.3, 0.4) is 0 Å². The minimum absolute atomic E-state index is 0.162. The van der Waals surface area contributed by atoms with Gasteiger partial charge in [0.1, 0.15) is 11.2 Å². The maximum absolute atomic E-state index is 4.81. The number of hydrogen-bond acceptors (Lipinski definition) is 4. The second kappa shape index (κ2) is 4.49. The van der Waals surface area contributed by atoms with E-state index in [1.54, 1.807) is 11.9 Å². The molecule has 4 rings (SSSR count). The van der Waals surface area contributed by atoms with E-state index >= 15 is 0 Å². The standard InChI is InChI=1S/C17H19N3S/c1-4-11-12(5-2)15-19-21-16(17(3)10-18-17)20(15)14-9-7-6-8-13(11)14/h4-9,16,18H,10H2,1-3H3/b11-4+,12-5+. The second-order valence-corrected chi connectivity index (χ2v) is 6.78. The maximum atomic E-state index is 4.81. The first-order valence-electron chi connectivity index (χ1n) is 7.40. The predicted octanol–water partition coefficient (Wildman–Crippen LogP) is 3.60. The van der Waals surface area contributed by atoms with Crippen LogP contribution in [-0.2, 0) is 0 Å². The average Bonchev–Trinajstić information content (AvgIpc) is 3.10. The molecule has 1 aromatic carbocycles. The van der Waals surface area contributed by atoms with Gasteiger partial charge in [0.25, 0.3) is 0 Å². The summed E-state index contributed by atoms with van der Waals surface area (Å²) < 4.78 is 4.81. The Morgan fingerprint density at radius 2 is 2.00 bits per heavy atom. The fraction of sp³-hybridized carbons (Fsp3) is 0.353. The molecule has 21 heavy (non-hydrogen) atoms. The van der Waals surface area contributed by atoms with Gasteiger partial charge in [-0.05, 0) is 32.4 Å². The van der Waals surface area contributed by atoms with Gasteiger partial charge in [-0.2, -0.15) is 4.40 Å². The molecule has 1 fully saturated rings. The molecule has 3 aliphatic heterocycles. The molecular formula is C17H19N3S. The van der Waals surface area contributed by atoms with Crippen LogP contribution in [0.15, 0.2) is 46.4 Å². The highest BCUT2D eigenvalue weighted by Crippen LogP contribution is 2.49. The monoisotopic (exact) mass is 297 g/mol. The van der Waals surface area contributed by atoms with Crippen molar-refractivity contribution < 1.29 is 0 Å². The molecule has 3 nitrogen and oxygen atoms in total. The molecule has 2 unspecified atom stereocenters. The molecule has 1 aromatic rings. The van der Waals surface area contributed by atoms with Gasteiger partial charge in [-0.25, -0.2) is 0 Å².